The average Bonchev–Trinajstić information content (AvgIpc) is 2.98. The molecule has 0 saturated carbocycles. The first-order valence-electron chi connectivity index (χ1n) is 7.63. The fourth-order valence-corrected chi connectivity index (χ4v) is 2.53. The molecule has 7 nitrogen and oxygen atoms in total. The summed E-state index contributed by atoms with van der Waals surface area (Å²) in [4.78, 5) is 21.1. The number of benzene rings is 1. The number of aliphatic hydroxyl groups excluding tert-OH is 1. The number of amides is 1. The first-order chi connectivity index (χ1) is 12.5. The molecule has 0 spiro atoms. The molecule has 2 aromatic heterocycles. The topological polar surface area (TPSA) is 96.6 Å². The summed E-state index contributed by atoms with van der Waals surface area (Å²) in [7, 11) is 0. The maximum Gasteiger partial charge on any atom is 0.312 e. The largest absolute Gasteiger partial charge is 0.447 e. The summed E-state index contributed by atoms with van der Waals surface area (Å²) in [5.74, 6) is -1.37. The van der Waals surface area contributed by atoms with E-state index in [-0.39, 0.29) is 41.0 Å². The molecule has 136 valence electrons. The summed E-state index contributed by atoms with van der Waals surface area (Å²) < 4.78 is 19.8. The zero-order valence-electron chi connectivity index (χ0n) is 13.7. The summed E-state index contributed by atoms with van der Waals surface area (Å²) in [6, 6.07) is 4.63. The minimum Gasteiger partial charge on any atom is -0.447 e. The van der Waals surface area contributed by atoms with Gasteiger partial charge in [0, 0.05) is 12.4 Å². The van der Waals surface area contributed by atoms with E-state index in [1.54, 1.807) is 19.1 Å². The molecule has 0 aliphatic heterocycles. The quantitative estimate of drug-likeness (QED) is 0.449. The van der Waals surface area contributed by atoms with Gasteiger partial charge in [-0.05, 0) is 24.6 Å². The number of aromatic nitrogens is 1. The molecule has 9 heteroatoms. The van der Waals surface area contributed by atoms with Crippen LogP contribution < -0.4 is 10.8 Å². The van der Waals surface area contributed by atoms with Crippen LogP contribution in [0, 0.1) is 12.7 Å². The molecule has 0 aliphatic carbocycles. The molecule has 26 heavy (non-hydrogen) atoms. The van der Waals surface area contributed by atoms with E-state index in [0.717, 1.165) is 5.56 Å². The lowest BCUT2D eigenvalue weighted by Crippen LogP contribution is -2.25. The second kappa shape index (κ2) is 7.69. The van der Waals surface area contributed by atoms with Gasteiger partial charge >= 0.3 is 5.91 Å². The van der Waals surface area contributed by atoms with E-state index >= 15 is 0 Å². The molecule has 1 aromatic carbocycles. The number of anilines is 2. The van der Waals surface area contributed by atoms with Gasteiger partial charge in [-0.1, -0.05) is 17.7 Å². The van der Waals surface area contributed by atoms with Crippen LogP contribution in [0.4, 0.5) is 15.8 Å². The van der Waals surface area contributed by atoms with Crippen LogP contribution in [0.2, 0.25) is 5.02 Å². The number of hydrogen-bond acceptors (Lipinski definition) is 6. The van der Waals surface area contributed by atoms with Crippen molar-refractivity contribution < 1.29 is 23.5 Å². The van der Waals surface area contributed by atoms with Crippen molar-refractivity contribution in [3.63, 3.8) is 0 Å². The zero-order chi connectivity index (χ0) is 18.7. The number of carbonyl (C=O) groups is 1. The van der Waals surface area contributed by atoms with Gasteiger partial charge in [0.15, 0.2) is 5.58 Å². The molecule has 0 bridgehead atoms. The van der Waals surface area contributed by atoms with Gasteiger partial charge in [-0.2, -0.15) is 0 Å². The highest BCUT2D eigenvalue weighted by Gasteiger charge is 2.23. The monoisotopic (exact) mass is 379 g/mol. The first kappa shape index (κ1) is 18.1. The summed E-state index contributed by atoms with van der Waals surface area (Å²) in [6.45, 7) is 1.40. The Morgan fingerprint density at radius 1 is 1.42 bits per heavy atom. The molecular weight excluding hydrogens is 365 g/mol. The van der Waals surface area contributed by atoms with Crippen LogP contribution in [0.3, 0.4) is 0 Å². The predicted octanol–water partition coefficient (Wildman–Crippen LogP) is 3.33. The lowest BCUT2D eigenvalue weighted by Gasteiger charge is -2.09. The molecule has 2 heterocycles. The van der Waals surface area contributed by atoms with E-state index in [1.807, 2.05) is 0 Å². The van der Waals surface area contributed by atoms with Crippen molar-refractivity contribution in [3.05, 3.63) is 52.8 Å². The van der Waals surface area contributed by atoms with Crippen LogP contribution in [0.25, 0.3) is 11.0 Å². The highest BCUT2D eigenvalue weighted by atomic mass is 35.5. The van der Waals surface area contributed by atoms with Crippen LogP contribution >= 0.6 is 11.6 Å². The Balaban J connectivity index is 2.04. The Bertz CT molecular complexity index is 961. The Labute approximate surface area is 152 Å². The third-order valence-corrected chi connectivity index (χ3v) is 3.77. The molecular formula is C17H15ClFN3O4. The molecule has 0 unspecified atom stereocenters. The van der Waals surface area contributed by atoms with E-state index in [1.165, 1.54) is 18.5 Å². The average molecular weight is 380 g/mol. The van der Waals surface area contributed by atoms with Crippen LogP contribution in [-0.4, -0.2) is 29.2 Å². The van der Waals surface area contributed by atoms with Crippen molar-refractivity contribution in [2.24, 2.45) is 0 Å². The number of hydrogen-bond donors (Lipinski definition) is 3. The molecule has 1 amide bonds. The molecule has 3 aromatic rings. The summed E-state index contributed by atoms with van der Waals surface area (Å²) in [6.07, 6.45) is 2.82. The Kier molecular flexibility index (Phi) is 5.36. The van der Waals surface area contributed by atoms with Crippen LogP contribution in [0.1, 0.15) is 16.1 Å². The number of aliphatic hydroxyl groups is 1. The van der Waals surface area contributed by atoms with Gasteiger partial charge < -0.3 is 14.8 Å². The number of nitrogens with zero attached hydrogens (tertiary/aromatic N) is 1. The Hall–Kier alpha value is -2.68. The summed E-state index contributed by atoms with van der Waals surface area (Å²) in [5.41, 5.74) is 3.47. The van der Waals surface area contributed by atoms with Crippen molar-refractivity contribution in [3.8, 4) is 0 Å². The minimum absolute atomic E-state index is 0.0936. The van der Waals surface area contributed by atoms with Crippen LogP contribution in [-0.2, 0) is 4.84 Å². The van der Waals surface area contributed by atoms with Gasteiger partial charge in [0.05, 0.1) is 24.3 Å². The number of halogens is 2. The van der Waals surface area contributed by atoms with Crippen LogP contribution in [0.5, 0.6) is 0 Å². The van der Waals surface area contributed by atoms with Crippen molar-refractivity contribution in [1.82, 2.24) is 10.5 Å². The maximum absolute atomic E-state index is 14.2. The van der Waals surface area contributed by atoms with Crippen molar-refractivity contribution in [1.29, 1.82) is 0 Å². The maximum atomic E-state index is 14.2. The number of hydroxylamine groups is 1. The highest BCUT2D eigenvalue weighted by molar-refractivity contribution is 6.35. The van der Waals surface area contributed by atoms with Crippen molar-refractivity contribution >= 4 is 39.9 Å². The fourth-order valence-electron chi connectivity index (χ4n) is 2.33. The molecule has 0 atom stereocenters. The summed E-state index contributed by atoms with van der Waals surface area (Å²) >= 11 is 6.07. The molecule has 3 N–H and O–H groups in total. The van der Waals surface area contributed by atoms with Gasteiger partial charge in [0.2, 0.25) is 5.76 Å². The fraction of sp³-hybridized carbons (Fsp3) is 0.176. The molecule has 0 radical (unpaired) electrons. The number of rotatable bonds is 6. The van der Waals surface area contributed by atoms with E-state index < -0.39 is 11.7 Å². The van der Waals surface area contributed by atoms with Crippen molar-refractivity contribution in [2.45, 2.75) is 6.92 Å². The third-order valence-electron chi connectivity index (χ3n) is 3.50. The molecule has 0 aliphatic rings. The van der Waals surface area contributed by atoms with Gasteiger partial charge in [-0.3, -0.25) is 14.6 Å². The number of carbonyl (C=O) groups excluding carboxylic acids is 1. The van der Waals surface area contributed by atoms with Gasteiger partial charge in [-0.15, -0.1) is 0 Å². The van der Waals surface area contributed by atoms with E-state index in [9.17, 15) is 9.18 Å². The van der Waals surface area contributed by atoms with Gasteiger partial charge in [0.1, 0.15) is 16.5 Å². The second-order valence-corrected chi connectivity index (χ2v) is 5.82. The molecule has 0 fully saturated rings. The van der Waals surface area contributed by atoms with Gasteiger partial charge in [-0.25, -0.2) is 9.87 Å². The number of furan rings is 1. The zero-order valence-corrected chi connectivity index (χ0v) is 14.4. The standard InChI is InChI=1S/C17H15ClFN3O4/c1-9-2-3-13(12(19)6-9)21-14-10-7-20-8-11(18)15(10)26-16(14)17(24)22-25-5-4-23/h2-3,6-8,21,23H,4-5H2,1H3,(H,22,24). The number of aryl methyl sites for hydroxylation is 1. The highest BCUT2D eigenvalue weighted by Crippen LogP contribution is 2.36. The predicted molar refractivity (Wildman–Crippen MR) is 93.9 cm³/mol. The molecule has 3 rings (SSSR count). The van der Waals surface area contributed by atoms with E-state index in [2.05, 4.69) is 15.8 Å². The summed E-state index contributed by atoms with van der Waals surface area (Å²) in [5, 5.41) is 12.2. The SMILES string of the molecule is Cc1ccc(Nc2c(C(=O)NOCCO)oc3c(Cl)cncc23)c(F)c1. The van der Waals surface area contributed by atoms with Gasteiger partial charge in [0.25, 0.3) is 0 Å². The Morgan fingerprint density at radius 2 is 2.23 bits per heavy atom. The third kappa shape index (κ3) is 3.62. The van der Waals surface area contributed by atoms with Crippen molar-refractivity contribution in [2.75, 3.05) is 18.5 Å². The number of fused-ring (bicyclic) bond motifs is 1. The normalized spacial score (nSPS) is 10.9. The molecule has 0 saturated heterocycles. The van der Waals surface area contributed by atoms with Crippen LogP contribution in [0.15, 0.2) is 35.0 Å². The minimum atomic E-state index is -0.722. The lowest BCUT2D eigenvalue weighted by atomic mass is 10.2. The smallest absolute Gasteiger partial charge is 0.312 e. The Morgan fingerprint density at radius 3 is 2.96 bits per heavy atom. The van der Waals surface area contributed by atoms with E-state index in [4.69, 9.17) is 26.0 Å². The number of pyridine rings is 1. The van der Waals surface area contributed by atoms with E-state index in [0.29, 0.717) is 5.39 Å². The lowest BCUT2D eigenvalue weighted by molar-refractivity contribution is 0.0152. The number of nitrogens with one attached hydrogen (secondary N) is 2. The second-order valence-electron chi connectivity index (χ2n) is 5.42. The first-order valence-corrected chi connectivity index (χ1v) is 8.01.